The van der Waals surface area contributed by atoms with Crippen molar-refractivity contribution >= 4 is 34.9 Å². The van der Waals surface area contributed by atoms with Crippen molar-refractivity contribution in [3.63, 3.8) is 0 Å². The molecule has 0 aliphatic heterocycles. The van der Waals surface area contributed by atoms with Crippen LogP contribution in [0.4, 0.5) is 0 Å². The molecule has 0 spiro atoms. The third-order valence-electron chi connectivity index (χ3n) is 2.69. The third kappa shape index (κ3) is 6.78. The topological polar surface area (TPSA) is 0 Å². The van der Waals surface area contributed by atoms with E-state index < -0.39 is 13.2 Å². The van der Waals surface area contributed by atoms with Crippen molar-refractivity contribution in [1.82, 2.24) is 0 Å². The van der Waals surface area contributed by atoms with Crippen LogP contribution >= 0.6 is 21.7 Å². The van der Waals surface area contributed by atoms with Crippen LogP contribution in [-0.4, -0.2) is 13.2 Å². The molecule has 0 atom stereocenters. The molecule has 0 amide bonds. The first kappa shape index (κ1) is 15.5. The molecule has 0 aromatic heterocycles. The van der Waals surface area contributed by atoms with Gasteiger partial charge in [-0.15, -0.1) is 0 Å². The number of hydrogen-bond donors (Lipinski definition) is 0. The number of benzene rings is 1. The summed E-state index contributed by atoms with van der Waals surface area (Å²) >= 11 is 5.00. The minimum absolute atomic E-state index is 0.845. The van der Waals surface area contributed by atoms with Crippen LogP contribution in [0.25, 0.3) is 0 Å². The minimum atomic E-state index is -0.920. The second-order valence-corrected chi connectivity index (χ2v) is 14.1. The van der Waals surface area contributed by atoms with E-state index in [9.17, 15) is 0 Å². The van der Waals surface area contributed by atoms with E-state index in [0.717, 1.165) is 5.02 Å². The van der Waals surface area contributed by atoms with Crippen molar-refractivity contribution in [2.24, 2.45) is 0 Å². The Labute approximate surface area is 119 Å². The van der Waals surface area contributed by atoms with Crippen molar-refractivity contribution in [2.75, 3.05) is 0 Å². The molecule has 0 nitrogen and oxygen atoms in total. The fraction of sp³-hybridized carbons (Fsp3) is 0.571. The Hall–Kier alpha value is 0.403. The first-order valence-corrected chi connectivity index (χ1v) is 13.3. The summed E-state index contributed by atoms with van der Waals surface area (Å²) in [5.41, 5.74) is 0. The Morgan fingerprint density at radius 1 is 1.00 bits per heavy atom. The zero-order valence-electron chi connectivity index (χ0n) is 10.8. The average Bonchev–Trinajstić information content (AvgIpc) is 2.35. The Morgan fingerprint density at radius 2 is 1.53 bits per heavy atom. The van der Waals surface area contributed by atoms with Crippen molar-refractivity contribution < 1.29 is 0 Å². The molecule has 3 heteroatoms. The predicted octanol–water partition coefficient (Wildman–Crippen LogP) is 6.02. The van der Waals surface area contributed by atoms with Crippen LogP contribution in [0.5, 0.6) is 0 Å². The Morgan fingerprint density at radius 3 is 2.00 bits per heavy atom. The first-order chi connectivity index (χ1) is 8.26. The summed E-state index contributed by atoms with van der Waals surface area (Å²) in [6, 6.07) is 8.38. The molecule has 17 heavy (non-hydrogen) atoms. The molecule has 0 saturated heterocycles. The van der Waals surface area contributed by atoms with Crippen molar-refractivity contribution in [1.29, 1.82) is 0 Å². The van der Waals surface area contributed by atoms with Gasteiger partial charge < -0.3 is 0 Å². The summed E-state index contributed by atoms with van der Waals surface area (Å²) in [6.07, 6.45) is 5.51. The van der Waals surface area contributed by atoms with Gasteiger partial charge in [0.25, 0.3) is 0 Å². The summed E-state index contributed by atoms with van der Waals surface area (Å²) in [6.45, 7) is 4.59. The quantitative estimate of drug-likeness (QED) is 0.525. The van der Waals surface area contributed by atoms with Gasteiger partial charge in [-0.1, -0.05) is 0 Å². The second-order valence-electron chi connectivity index (χ2n) is 4.30. The van der Waals surface area contributed by atoms with E-state index in [4.69, 9.17) is 11.6 Å². The molecule has 0 aliphatic carbocycles. The number of rotatable bonds is 8. The van der Waals surface area contributed by atoms with Crippen molar-refractivity contribution in [3.05, 3.63) is 29.3 Å². The Kier molecular flexibility index (Phi) is 8.50. The van der Waals surface area contributed by atoms with E-state index in [1.807, 2.05) is 12.1 Å². The zero-order chi connectivity index (χ0) is 12.5. The van der Waals surface area contributed by atoms with Crippen LogP contribution in [0, 0.1) is 0 Å². The SMILES string of the molecule is CCC[CH2][Ge]([CH2]CCC)[S]c1ccc(Cl)cc1. The van der Waals surface area contributed by atoms with Crippen molar-refractivity contribution in [2.45, 2.75) is 54.9 Å². The van der Waals surface area contributed by atoms with Crippen LogP contribution in [0.15, 0.2) is 29.2 Å². The van der Waals surface area contributed by atoms with Gasteiger partial charge in [0.15, 0.2) is 0 Å². The van der Waals surface area contributed by atoms with Gasteiger partial charge in [-0.2, -0.15) is 0 Å². The second kappa shape index (κ2) is 9.35. The van der Waals surface area contributed by atoms with Crippen LogP contribution < -0.4 is 0 Å². The first-order valence-electron chi connectivity index (χ1n) is 6.54. The van der Waals surface area contributed by atoms with E-state index in [1.54, 1.807) is 0 Å². The van der Waals surface area contributed by atoms with Gasteiger partial charge in [-0.25, -0.2) is 0 Å². The van der Waals surface area contributed by atoms with E-state index in [1.165, 1.54) is 41.1 Å². The standard InChI is InChI=1S/C14H22ClGeS/c1-3-5-11-16(12-6-4-2)17-14-9-7-13(15)8-10-14/h7-10H,3-6,11-12H2,1-2H3. The number of unbranched alkanes of at least 4 members (excludes halogenated alkanes) is 2. The molecule has 95 valence electrons. The molecule has 0 heterocycles. The van der Waals surface area contributed by atoms with Gasteiger partial charge >= 0.3 is 119 Å². The van der Waals surface area contributed by atoms with E-state index in [2.05, 4.69) is 36.1 Å². The van der Waals surface area contributed by atoms with Gasteiger partial charge in [0.2, 0.25) is 0 Å². The molecular formula is C14H22ClGeS. The number of halogens is 1. The van der Waals surface area contributed by atoms with Gasteiger partial charge in [0.1, 0.15) is 0 Å². The summed E-state index contributed by atoms with van der Waals surface area (Å²) in [4.78, 5) is 1.43. The molecule has 0 aliphatic rings. The van der Waals surface area contributed by atoms with Gasteiger partial charge in [-0.3, -0.25) is 0 Å². The van der Waals surface area contributed by atoms with Gasteiger partial charge in [-0.05, 0) is 0 Å². The fourth-order valence-electron chi connectivity index (χ4n) is 1.64. The molecule has 1 aromatic rings. The average molecular weight is 330 g/mol. The van der Waals surface area contributed by atoms with Gasteiger partial charge in [0.05, 0.1) is 0 Å². The molecule has 1 rings (SSSR count). The predicted molar refractivity (Wildman–Crippen MR) is 82.5 cm³/mol. The van der Waals surface area contributed by atoms with Crippen LogP contribution in [0.3, 0.4) is 0 Å². The molecule has 1 aromatic carbocycles. The van der Waals surface area contributed by atoms with Crippen molar-refractivity contribution in [3.8, 4) is 0 Å². The molecule has 0 unspecified atom stereocenters. The Bertz CT molecular complexity index is 292. The molecule has 0 saturated carbocycles. The fourth-order valence-corrected chi connectivity index (χ4v) is 12.0. The van der Waals surface area contributed by atoms with Gasteiger partial charge in [0, 0.05) is 0 Å². The van der Waals surface area contributed by atoms with E-state index >= 15 is 0 Å². The molecule has 0 N–H and O–H groups in total. The maximum atomic E-state index is 5.92. The normalized spacial score (nSPS) is 11.1. The number of hydrogen-bond acceptors (Lipinski definition) is 1. The Balaban J connectivity index is 2.48. The monoisotopic (exact) mass is 331 g/mol. The molecule has 1 radical (unpaired) electrons. The summed E-state index contributed by atoms with van der Waals surface area (Å²) in [5.74, 6) is 0. The van der Waals surface area contributed by atoms with Crippen LogP contribution in [-0.2, 0) is 0 Å². The zero-order valence-corrected chi connectivity index (χ0v) is 14.5. The molecule has 0 fully saturated rings. The third-order valence-corrected chi connectivity index (χ3v) is 13.0. The molecule has 0 bridgehead atoms. The van der Waals surface area contributed by atoms with Crippen LogP contribution in [0.1, 0.15) is 39.5 Å². The van der Waals surface area contributed by atoms with Crippen LogP contribution in [0.2, 0.25) is 15.5 Å². The van der Waals surface area contributed by atoms with E-state index in [-0.39, 0.29) is 0 Å². The molecular weight excluding hydrogens is 308 g/mol. The van der Waals surface area contributed by atoms with E-state index in [0.29, 0.717) is 0 Å². The maximum absolute atomic E-state index is 5.92. The summed E-state index contributed by atoms with van der Waals surface area (Å²) < 4.78 is 0. The summed E-state index contributed by atoms with van der Waals surface area (Å²) in [5, 5.41) is 3.85. The summed E-state index contributed by atoms with van der Waals surface area (Å²) in [7, 11) is 2.19.